The van der Waals surface area contributed by atoms with E-state index in [2.05, 4.69) is 383 Å². The summed E-state index contributed by atoms with van der Waals surface area (Å²) >= 11 is 0. The molecule has 0 radical (unpaired) electrons. The van der Waals surface area contributed by atoms with Crippen molar-refractivity contribution in [2.24, 2.45) is 0 Å². The van der Waals surface area contributed by atoms with Gasteiger partial charge in [-0.2, -0.15) is 0 Å². The quantitative estimate of drug-likeness (QED) is 0.126. The van der Waals surface area contributed by atoms with Gasteiger partial charge in [0.2, 0.25) is 0 Å². The molecule has 14 aromatic carbocycles. The van der Waals surface area contributed by atoms with Gasteiger partial charge >= 0.3 is 0 Å². The predicted molar refractivity (Wildman–Crippen MR) is 410 cm³/mol. The number of hydrogen-bond acceptors (Lipinski definition) is 2. The molecule has 0 atom stereocenters. The third-order valence-electron chi connectivity index (χ3n) is 20.0. The number of para-hydroxylation sites is 2. The Morgan fingerprint density at radius 2 is 0.604 bits per heavy atom. The van der Waals surface area contributed by atoms with Crippen molar-refractivity contribution in [1.82, 2.24) is 4.57 Å². The van der Waals surface area contributed by atoms with Gasteiger partial charge < -0.3 is 14.4 Å². The molecule has 0 spiro atoms. The highest BCUT2D eigenvalue weighted by Crippen LogP contribution is 2.56. The minimum atomic E-state index is -0.319. The SMILES string of the molecule is CC(C)(C)c1cc2c3c(c1)N(c1c(-c4ccccc4)cc(-c4ccccc4)cc1-c1ccccc1)c1cc(C(C)(C)C)c(-c4ccccc4)cc1B3c1ccc(-n3c4ccccc4c4ccccc43)cc1N2c1c(-c2ccccc2)cc(-c2ccccc2)cc1-c1ccccc1. The minimum Gasteiger partial charge on any atom is -0.310 e. The fourth-order valence-corrected chi connectivity index (χ4v) is 15.5. The number of rotatable bonds is 10. The molecule has 1 aromatic heterocycles. The molecule has 17 rings (SSSR count). The summed E-state index contributed by atoms with van der Waals surface area (Å²) in [5, 5.41) is 2.46. The Kier molecular flexibility index (Phi) is 14.1. The highest BCUT2D eigenvalue weighted by atomic mass is 15.2. The van der Waals surface area contributed by atoms with E-state index >= 15 is 0 Å². The molecule has 0 fully saturated rings. The number of anilines is 6. The van der Waals surface area contributed by atoms with E-state index in [1.54, 1.807) is 0 Å². The van der Waals surface area contributed by atoms with Gasteiger partial charge in [-0.15, -0.1) is 0 Å². The lowest BCUT2D eigenvalue weighted by Crippen LogP contribution is -2.61. The first kappa shape index (κ1) is 58.4. The first-order valence-corrected chi connectivity index (χ1v) is 33.8. The molecule has 96 heavy (non-hydrogen) atoms. The lowest BCUT2D eigenvalue weighted by Gasteiger charge is -2.47. The maximum Gasteiger partial charge on any atom is 0.252 e. The number of aromatic nitrogens is 1. The molecule has 3 heterocycles. The van der Waals surface area contributed by atoms with Crippen LogP contribution in [-0.2, 0) is 10.8 Å². The second-order valence-electron chi connectivity index (χ2n) is 28.0. The van der Waals surface area contributed by atoms with Crippen LogP contribution in [0, 0.1) is 0 Å². The summed E-state index contributed by atoms with van der Waals surface area (Å²) in [6, 6.07) is 123. The molecule has 0 N–H and O–H groups in total. The summed E-state index contributed by atoms with van der Waals surface area (Å²) in [7, 11) is 0. The molecule has 4 heteroatoms. The highest BCUT2D eigenvalue weighted by Gasteiger charge is 2.47. The number of nitrogens with zero attached hydrogens (tertiary/aromatic N) is 3. The molecular weight excluding hydrogens is 1160 g/mol. The Morgan fingerprint density at radius 3 is 0.979 bits per heavy atom. The largest absolute Gasteiger partial charge is 0.310 e. The van der Waals surface area contributed by atoms with Crippen LogP contribution in [0.2, 0.25) is 0 Å². The summed E-state index contributed by atoms with van der Waals surface area (Å²) < 4.78 is 2.50. The van der Waals surface area contributed by atoms with Gasteiger partial charge in [0, 0.05) is 61.5 Å². The zero-order valence-electron chi connectivity index (χ0n) is 55.1. The van der Waals surface area contributed by atoms with Gasteiger partial charge in [0.1, 0.15) is 0 Å². The van der Waals surface area contributed by atoms with Crippen LogP contribution < -0.4 is 26.2 Å². The van der Waals surface area contributed by atoms with Crippen molar-refractivity contribution in [3.8, 4) is 83.6 Å². The third kappa shape index (κ3) is 9.89. The van der Waals surface area contributed by atoms with Crippen molar-refractivity contribution in [1.29, 1.82) is 0 Å². The van der Waals surface area contributed by atoms with Crippen LogP contribution in [0.25, 0.3) is 105 Å². The van der Waals surface area contributed by atoms with Crippen LogP contribution in [-0.4, -0.2) is 11.3 Å². The highest BCUT2D eigenvalue weighted by molar-refractivity contribution is 7.00. The van der Waals surface area contributed by atoms with Crippen LogP contribution in [0.4, 0.5) is 34.1 Å². The van der Waals surface area contributed by atoms with Gasteiger partial charge in [0.25, 0.3) is 6.71 Å². The predicted octanol–water partition coefficient (Wildman–Crippen LogP) is 23.1. The van der Waals surface area contributed by atoms with E-state index in [-0.39, 0.29) is 17.5 Å². The maximum atomic E-state index is 2.73. The maximum absolute atomic E-state index is 2.73. The van der Waals surface area contributed by atoms with Crippen molar-refractivity contribution in [3.05, 3.63) is 339 Å². The molecule has 0 unspecified atom stereocenters. The third-order valence-corrected chi connectivity index (χ3v) is 20.0. The Bertz CT molecular complexity index is 5280. The van der Waals surface area contributed by atoms with Gasteiger partial charge in [0.15, 0.2) is 0 Å². The molecule has 2 aliphatic heterocycles. The van der Waals surface area contributed by atoms with Crippen molar-refractivity contribution in [3.63, 3.8) is 0 Å². The minimum absolute atomic E-state index is 0.238. The van der Waals surface area contributed by atoms with E-state index in [4.69, 9.17) is 0 Å². The summed E-state index contributed by atoms with van der Waals surface area (Å²) in [4.78, 5) is 5.45. The molecular formula is C92H72BN3. The summed E-state index contributed by atoms with van der Waals surface area (Å²) in [5.41, 5.74) is 32.2. The van der Waals surface area contributed by atoms with E-state index in [0.29, 0.717) is 0 Å². The Balaban J connectivity index is 1.08. The Morgan fingerprint density at radius 1 is 0.260 bits per heavy atom. The van der Waals surface area contributed by atoms with Crippen molar-refractivity contribution in [2.75, 3.05) is 9.80 Å². The molecule has 2 aliphatic rings. The number of hydrogen-bond donors (Lipinski definition) is 0. The molecule has 458 valence electrons. The van der Waals surface area contributed by atoms with Crippen molar-refractivity contribution >= 4 is 79.0 Å². The van der Waals surface area contributed by atoms with Crippen LogP contribution in [0.3, 0.4) is 0 Å². The second-order valence-corrected chi connectivity index (χ2v) is 28.0. The molecule has 3 nitrogen and oxygen atoms in total. The van der Waals surface area contributed by atoms with Crippen LogP contribution >= 0.6 is 0 Å². The van der Waals surface area contributed by atoms with Crippen LogP contribution in [0.5, 0.6) is 0 Å². The summed E-state index contributed by atoms with van der Waals surface area (Å²) in [6.45, 7) is 14.1. The average Bonchev–Trinajstić information content (AvgIpc) is 0.750. The van der Waals surface area contributed by atoms with E-state index in [1.165, 1.54) is 71.7 Å². The lowest BCUT2D eigenvalue weighted by molar-refractivity contribution is 0.590. The standard InChI is InChI=1S/C92H72BN3/c1-91(2,3)70-56-86-88-87(57-70)96(90-77(66-42-24-12-25-43-66)54-69(62-34-16-8-17-35-62)55-78(90)67-44-26-13-27-45-67)85-60-79(92(4,5)6)74(63-36-18-9-19-37-63)59-81(85)93(88)80-51-50-71(94-82-48-30-28-46-72(82)73-47-29-31-49-83(73)94)58-84(80)95(86)89-75(64-38-20-10-21-39-64)52-68(61-32-14-7-15-33-61)53-76(89)65-40-22-11-23-41-65/h7-60H,1-6H3. The molecule has 0 aliphatic carbocycles. The van der Waals surface area contributed by atoms with E-state index in [9.17, 15) is 0 Å². The van der Waals surface area contributed by atoms with E-state index < -0.39 is 0 Å². The van der Waals surface area contributed by atoms with Crippen LogP contribution in [0.1, 0.15) is 52.7 Å². The van der Waals surface area contributed by atoms with Gasteiger partial charge in [-0.05, 0) is 161 Å². The monoisotopic (exact) mass is 1230 g/mol. The topological polar surface area (TPSA) is 11.4 Å². The molecule has 0 saturated heterocycles. The smallest absolute Gasteiger partial charge is 0.252 e. The Hall–Kier alpha value is -11.5. The van der Waals surface area contributed by atoms with E-state index in [1.807, 2.05) is 0 Å². The zero-order chi connectivity index (χ0) is 64.8. The number of fused-ring (bicyclic) bond motifs is 7. The van der Waals surface area contributed by atoms with Gasteiger partial charge in [-0.1, -0.05) is 302 Å². The van der Waals surface area contributed by atoms with Gasteiger partial charge in [-0.3, -0.25) is 0 Å². The number of benzene rings is 14. The molecule has 0 amide bonds. The normalized spacial score (nSPS) is 12.6. The Labute approximate surface area is 564 Å². The lowest BCUT2D eigenvalue weighted by atomic mass is 9.33. The first-order chi connectivity index (χ1) is 46.9. The second kappa shape index (κ2) is 23.2. The molecule has 15 aromatic rings. The van der Waals surface area contributed by atoms with E-state index in [0.717, 1.165) is 95.3 Å². The molecule has 0 saturated carbocycles. The van der Waals surface area contributed by atoms with Crippen molar-refractivity contribution in [2.45, 2.75) is 52.4 Å². The fourth-order valence-electron chi connectivity index (χ4n) is 15.5. The fraction of sp³-hybridized carbons (Fsp3) is 0.0870. The summed E-state index contributed by atoms with van der Waals surface area (Å²) in [5.74, 6) is 0. The molecule has 0 bridgehead atoms. The van der Waals surface area contributed by atoms with Gasteiger partial charge in [0.05, 0.1) is 22.4 Å². The first-order valence-electron chi connectivity index (χ1n) is 33.8. The van der Waals surface area contributed by atoms with Crippen molar-refractivity contribution < 1.29 is 0 Å². The zero-order valence-corrected chi connectivity index (χ0v) is 55.1. The van der Waals surface area contributed by atoms with Gasteiger partial charge in [-0.25, -0.2) is 0 Å². The summed E-state index contributed by atoms with van der Waals surface area (Å²) in [6.07, 6.45) is 0. The average molecular weight is 1230 g/mol. The van der Waals surface area contributed by atoms with Crippen LogP contribution in [0.15, 0.2) is 328 Å².